The van der Waals surface area contributed by atoms with Gasteiger partial charge in [-0.1, -0.05) is 42.0 Å². The molecule has 1 fully saturated rings. The van der Waals surface area contributed by atoms with Crippen LogP contribution in [-0.4, -0.2) is 139 Å². The molecule has 296 valence electrons. The number of aryl methyl sites for hydroxylation is 2. The number of pyridine rings is 2. The first-order valence-corrected chi connectivity index (χ1v) is 17.6. The molecule has 1 aliphatic rings. The third kappa shape index (κ3) is 21.5. The molecule has 15 nitrogen and oxygen atoms in total. The summed E-state index contributed by atoms with van der Waals surface area (Å²) in [5, 5.41) is 0. The van der Waals surface area contributed by atoms with E-state index in [-0.39, 0.29) is 11.6 Å². The summed E-state index contributed by atoms with van der Waals surface area (Å²) in [5.41, 5.74) is 10.2. The number of carbonyl (C=O) groups is 2. The summed E-state index contributed by atoms with van der Waals surface area (Å²) in [4.78, 5) is 44.7. The summed E-state index contributed by atoms with van der Waals surface area (Å²) in [5.74, 6) is 4.70. The van der Waals surface area contributed by atoms with Crippen LogP contribution >= 0.6 is 0 Å². The molecule has 1 aliphatic heterocycles. The van der Waals surface area contributed by atoms with Gasteiger partial charge < -0.3 is 48.8 Å². The lowest BCUT2D eigenvalue weighted by Crippen LogP contribution is -2.37. The summed E-state index contributed by atoms with van der Waals surface area (Å²) in [7, 11) is 0. The van der Waals surface area contributed by atoms with Gasteiger partial charge in [-0.15, -0.1) is 0 Å². The van der Waals surface area contributed by atoms with Crippen LogP contribution in [0, 0.1) is 13.8 Å². The van der Waals surface area contributed by atoms with Crippen molar-refractivity contribution < 1.29 is 38.1 Å². The Morgan fingerprint density at radius 1 is 0.755 bits per heavy atom. The number of nitrogens with two attached hydrogens (primary N) is 2. The molecule has 1 atom stereocenters. The van der Waals surface area contributed by atoms with Crippen LogP contribution in [0.3, 0.4) is 0 Å². The van der Waals surface area contributed by atoms with Gasteiger partial charge in [-0.3, -0.25) is 19.6 Å². The number of nitrogens with zero attached hydrogens (tertiary/aromatic N) is 3. The highest BCUT2D eigenvalue weighted by atomic mass is 16.6. The molecule has 3 heterocycles. The zero-order chi connectivity index (χ0) is 38.9. The first-order chi connectivity index (χ1) is 26.0. The molecule has 2 aromatic heterocycles. The van der Waals surface area contributed by atoms with Crippen LogP contribution in [-0.2, 0) is 44.7 Å². The van der Waals surface area contributed by atoms with Gasteiger partial charge in [0.2, 0.25) is 5.56 Å². The highest BCUT2D eigenvalue weighted by Gasteiger charge is 2.23. The van der Waals surface area contributed by atoms with Crippen molar-refractivity contribution in [3.63, 3.8) is 0 Å². The summed E-state index contributed by atoms with van der Waals surface area (Å²) < 4.78 is 28.7. The SMILES string of the molecule is C=O.C=O.Cc1ccc(C(c2cccc(=O)[nH]2)N2CCOCCOCCN(Cc3cccc(C)n3)CCOCCOCC2)cc1.NCCOCCON. The van der Waals surface area contributed by atoms with E-state index in [1.807, 2.05) is 38.7 Å². The van der Waals surface area contributed by atoms with Crippen molar-refractivity contribution in [1.29, 1.82) is 0 Å². The van der Waals surface area contributed by atoms with Crippen molar-refractivity contribution in [1.82, 2.24) is 19.8 Å². The highest BCUT2D eigenvalue weighted by molar-refractivity contribution is 5.30. The first kappa shape index (κ1) is 47.3. The van der Waals surface area contributed by atoms with Gasteiger partial charge in [-0.25, -0.2) is 5.90 Å². The minimum Gasteiger partial charge on any atom is -0.378 e. The van der Waals surface area contributed by atoms with Crippen molar-refractivity contribution in [2.45, 2.75) is 26.4 Å². The number of H-pyrrole nitrogens is 1. The lowest BCUT2D eigenvalue weighted by molar-refractivity contribution is -0.0987. The van der Waals surface area contributed by atoms with Crippen LogP contribution in [0.4, 0.5) is 0 Å². The van der Waals surface area contributed by atoms with Gasteiger partial charge in [0.05, 0.1) is 84.4 Å². The molecule has 0 spiro atoms. The number of aromatic amines is 1. The molecule has 3 aromatic rings. The van der Waals surface area contributed by atoms with E-state index in [2.05, 4.69) is 61.9 Å². The van der Waals surface area contributed by atoms with Gasteiger partial charge in [0.15, 0.2) is 0 Å². The second kappa shape index (κ2) is 31.8. The number of aromatic nitrogens is 2. The smallest absolute Gasteiger partial charge is 0.248 e. The lowest BCUT2D eigenvalue weighted by Gasteiger charge is -2.32. The third-order valence-corrected chi connectivity index (χ3v) is 7.68. The molecule has 0 saturated carbocycles. The Kier molecular flexibility index (Phi) is 28.3. The van der Waals surface area contributed by atoms with E-state index >= 15 is 0 Å². The van der Waals surface area contributed by atoms with E-state index in [9.17, 15) is 4.79 Å². The van der Waals surface area contributed by atoms with E-state index in [0.717, 1.165) is 42.3 Å². The number of nitrogens with one attached hydrogen (secondary N) is 1. The molecule has 4 rings (SSSR count). The van der Waals surface area contributed by atoms with Crippen LogP contribution in [0.5, 0.6) is 0 Å². The Hall–Kier alpha value is -3.74. The normalized spacial score (nSPS) is 16.2. The number of carbonyl (C=O) groups excluding carboxylic acids is 2. The van der Waals surface area contributed by atoms with Crippen molar-refractivity contribution in [3.8, 4) is 0 Å². The van der Waals surface area contributed by atoms with Crippen molar-refractivity contribution >= 4 is 13.6 Å². The number of hydrogen-bond donors (Lipinski definition) is 3. The van der Waals surface area contributed by atoms with Crippen LogP contribution < -0.4 is 17.2 Å². The largest absolute Gasteiger partial charge is 0.378 e. The minimum atomic E-state index is -0.135. The number of benzene rings is 1. The average molecular weight is 745 g/mol. The maximum Gasteiger partial charge on any atom is 0.248 e. The number of rotatable bonds is 10. The van der Waals surface area contributed by atoms with Crippen LogP contribution in [0.25, 0.3) is 0 Å². The van der Waals surface area contributed by atoms with Crippen molar-refractivity contribution in [2.24, 2.45) is 11.6 Å². The molecule has 1 saturated heterocycles. The van der Waals surface area contributed by atoms with E-state index in [1.54, 1.807) is 12.1 Å². The van der Waals surface area contributed by atoms with Gasteiger partial charge >= 0.3 is 0 Å². The Morgan fingerprint density at radius 3 is 1.85 bits per heavy atom. The Bertz CT molecular complexity index is 1340. The Labute approximate surface area is 313 Å². The van der Waals surface area contributed by atoms with E-state index in [0.29, 0.717) is 92.3 Å². The monoisotopic (exact) mass is 744 g/mol. The number of hydrogen-bond acceptors (Lipinski definition) is 14. The Morgan fingerprint density at radius 2 is 1.32 bits per heavy atom. The van der Waals surface area contributed by atoms with Gasteiger partial charge in [-0.2, -0.15) is 0 Å². The molecule has 15 heteroatoms. The van der Waals surface area contributed by atoms with Crippen molar-refractivity contribution in [3.05, 3.63) is 99.2 Å². The molecule has 1 unspecified atom stereocenters. The first-order valence-electron chi connectivity index (χ1n) is 17.6. The fraction of sp³-hybridized carbons (Fsp3) is 0.526. The molecule has 1 aromatic carbocycles. The summed E-state index contributed by atoms with van der Waals surface area (Å²) in [6.07, 6.45) is 0. The Balaban J connectivity index is 0.00000102. The van der Waals surface area contributed by atoms with E-state index in [1.165, 1.54) is 5.56 Å². The molecule has 5 N–H and O–H groups in total. The van der Waals surface area contributed by atoms with Gasteiger partial charge in [0, 0.05) is 56.7 Å². The van der Waals surface area contributed by atoms with E-state index in [4.69, 9.17) is 44.9 Å². The maximum atomic E-state index is 12.2. The second-order valence-electron chi connectivity index (χ2n) is 11.6. The van der Waals surface area contributed by atoms with E-state index < -0.39 is 0 Å². The summed E-state index contributed by atoms with van der Waals surface area (Å²) >= 11 is 0. The van der Waals surface area contributed by atoms with Crippen LogP contribution in [0.15, 0.2) is 65.5 Å². The quantitative estimate of drug-likeness (QED) is 0.201. The standard InChI is InChI=1S/C32H44N4O5.C4H12N2O2.2CH2O/c1-26-9-11-28(12-10-26)32(30-7-4-8-31(37)34-30)36-15-19-40-23-21-38-17-13-35(14-18-39-22-24-41-20-16-36)25-29-6-3-5-27(2)33-29;5-1-2-7-3-4-8-6;2*1-2/h3-12,32H,13-25H2,1-2H3,(H,34,37);1-6H2;2*1H2. The summed E-state index contributed by atoms with van der Waals surface area (Å²) in [6.45, 7) is 18.2. The van der Waals surface area contributed by atoms with Gasteiger partial charge in [-0.05, 0) is 37.6 Å². The maximum absolute atomic E-state index is 12.2. The highest BCUT2D eigenvalue weighted by Crippen LogP contribution is 2.27. The predicted molar refractivity (Wildman–Crippen MR) is 203 cm³/mol. The molecule has 0 radical (unpaired) electrons. The molecular formula is C38H60N6O9. The zero-order valence-electron chi connectivity index (χ0n) is 31.5. The molecule has 0 aliphatic carbocycles. The fourth-order valence-electron chi connectivity index (χ4n) is 5.20. The topological polar surface area (TPSA) is 194 Å². The lowest BCUT2D eigenvalue weighted by atomic mass is 10.00. The van der Waals surface area contributed by atoms with Crippen LogP contribution in [0.1, 0.15) is 34.3 Å². The third-order valence-electron chi connectivity index (χ3n) is 7.68. The fourth-order valence-corrected chi connectivity index (χ4v) is 5.20. The predicted octanol–water partition coefficient (Wildman–Crippen LogP) is 1.84. The molecular weight excluding hydrogens is 684 g/mol. The minimum absolute atomic E-state index is 0.114. The molecule has 0 bridgehead atoms. The molecule has 0 amide bonds. The zero-order valence-corrected chi connectivity index (χ0v) is 31.5. The number of ether oxygens (including phenoxy) is 5. The molecule has 53 heavy (non-hydrogen) atoms. The van der Waals surface area contributed by atoms with Gasteiger partial charge in [0.25, 0.3) is 0 Å². The average Bonchev–Trinajstić information content (AvgIpc) is 3.17. The van der Waals surface area contributed by atoms with Gasteiger partial charge in [0.1, 0.15) is 13.6 Å². The summed E-state index contributed by atoms with van der Waals surface area (Å²) in [6, 6.07) is 19.8. The van der Waals surface area contributed by atoms with Crippen LogP contribution in [0.2, 0.25) is 0 Å². The van der Waals surface area contributed by atoms with Crippen molar-refractivity contribution in [2.75, 3.05) is 105 Å². The second-order valence-corrected chi connectivity index (χ2v) is 11.6.